The number of rotatable bonds is 3. The zero-order valence-corrected chi connectivity index (χ0v) is 14.2. The van der Waals surface area contributed by atoms with Crippen molar-refractivity contribution in [2.75, 3.05) is 26.2 Å². The summed E-state index contributed by atoms with van der Waals surface area (Å²) >= 11 is 0. The van der Waals surface area contributed by atoms with Gasteiger partial charge < -0.3 is 14.8 Å². The molecule has 3 heterocycles. The normalized spacial score (nSPS) is 14.5. The van der Waals surface area contributed by atoms with Crippen molar-refractivity contribution in [2.24, 2.45) is 0 Å². The minimum atomic E-state index is -0.0652. The Morgan fingerprint density at radius 3 is 2.23 bits per heavy atom. The summed E-state index contributed by atoms with van der Waals surface area (Å²) in [6, 6.07) is 13.2. The summed E-state index contributed by atoms with van der Waals surface area (Å²) in [6.07, 6.45) is 3.30. The fourth-order valence-electron chi connectivity index (χ4n) is 3.19. The lowest BCUT2D eigenvalue weighted by Crippen LogP contribution is -2.50. The van der Waals surface area contributed by atoms with Crippen molar-refractivity contribution in [3.05, 3.63) is 66.1 Å². The Kier molecular flexibility index (Phi) is 4.27. The highest BCUT2D eigenvalue weighted by Gasteiger charge is 2.27. The van der Waals surface area contributed by atoms with E-state index in [1.165, 1.54) is 0 Å². The fourth-order valence-corrected chi connectivity index (χ4v) is 3.19. The van der Waals surface area contributed by atoms with Crippen LogP contribution in [0.5, 0.6) is 0 Å². The molecule has 7 nitrogen and oxygen atoms in total. The largest absolute Gasteiger partial charge is 0.357 e. The lowest BCUT2D eigenvalue weighted by Gasteiger charge is -2.34. The van der Waals surface area contributed by atoms with E-state index in [1.54, 1.807) is 34.3 Å². The van der Waals surface area contributed by atoms with Gasteiger partial charge in [-0.25, -0.2) is 0 Å². The minimum absolute atomic E-state index is 0.0321. The van der Waals surface area contributed by atoms with E-state index in [2.05, 4.69) is 15.2 Å². The van der Waals surface area contributed by atoms with E-state index in [1.807, 2.05) is 30.3 Å². The molecule has 3 aromatic rings. The van der Waals surface area contributed by atoms with E-state index >= 15 is 0 Å². The Bertz CT molecular complexity index is 893. The van der Waals surface area contributed by atoms with Crippen LogP contribution in [0.2, 0.25) is 0 Å². The van der Waals surface area contributed by atoms with Crippen LogP contribution in [0.3, 0.4) is 0 Å². The maximum atomic E-state index is 12.9. The third-order valence-corrected chi connectivity index (χ3v) is 4.61. The standard InChI is InChI=1S/C19H19N5O2/c25-18(15-13-21-22-17(15)14-5-2-1-3-6-14)23-9-11-24(12-10-23)19(26)16-7-4-8-20-16/h1-8,13,20H,9-12H2,(H,21,22). The SMILES string of the molecule is O=C(c1ccc[nH]1)N1CCN(C(=O)c2cn[nH]c2-c2ccccc2)CC1. The number of H-pyrrole nitrogens is 2. The van der Waals surface area contributed by atoms with Crippen LogP contribution in [0.25, 0.3) is 11.3 Å². The van der Waals surface area contributed by atoms with Crippen molar-refractivity contribution in [3.8, 4) is 11.3 Å². The first kappa shape index (κ1) is 16.1. The zero-order valence-electron chi connectivity index (χ0n) is 14.2. The molecule has 2 N–H and O–H groups in total. The van der Waals surface area contributed by atoms with Crippen molar-refractivity contribution in [1.82, 2.24) is 25.0 Å². The van der Waals surface area contributed by atoms with Crippen molar-refractivity contribution in [2.45, 2.75) is 0 Å². The van der Waals surface area contributed by atoms with Gasteiger partial charge in [-0.15, -0.1) is 0 Å². The molecule has 1 aliphatic heterocycles. The maximum Gasteiger partial charge on any atom is 0.270 e. The highest BCUT2D eigenvalue weighted by molar-refractivity contribution is 6.00. The van der Waals surface area contributed by atoms with Gasteiger partial charge in [0.25, 0.3) is 11.8 Å². The summed E-state index contributed by atoms with van der Waals surface area (Å²) in [7, 11) is 0. The number of carbonyl (C=O) groups excluding carboxylic acids is 2. The van der Waals surface area contributed by atoms with Gasteiger partial charge in [-0.3, -0.25) is 14.7 Å². The molecule has 0 aliphatic carbocycles. The minimum Gasteiger partial charge on any atom is -0.357 e. The maximum absolute atomic E-state index is 12.9. The Morgan fingerprint density at radius 2 is 1.58 bits per heavy atom. The molecule has 4 rings (SSSR count). The number of piperazine rings is 1. The number of nitrogens with one attached hydrogen (secondary N) is 2. The van der Waals surface area contributed by atoms with Crippen LogP contribution in [0.1, 0.15) is 20.8 Å². The molecule has 1 aromatic carbocycles. The molecule has 7 heteroatoms. The van der Waals surface area contributed by atoms with Gasteiger partial charge in [0.15, 0.2) is 0 Å². The van der Waals surface area contributed by atoms with Gasteiger partial charge >= 0.3 is 0 Å². The van der Waals surface area contributed by atoms with Crippen molar-refractivity contribution in [3.63, 3.8) is 0 Å². The monoisotopic (exact) mass is 349 g/mol. The number of hydrogen-bond donors (Lipinski definition) is 2. The van der Waals surface area contributed by atoms with Crippen LogP contribution in [0.4, 0.5) is 0 Å². The first-order valence-corrected chi connectivity index (χ1v) is 8.55. The van der Waals surface area contributed by atoms with Gasteiger partial charge in [0.2, 0.25) is 0 Å². The number of nitrogens with zero attached hydrogens (tertiary/aromatic N) is 3. The Labute approximate surface area is 150 Å². The first-order chi connectivity index (χ1) is 12.7. The summed E-state index contributed by atoms with van der Waals surface area (Å²) in [5.41, 5.74) is 2.78. The van der Waals surface area contributed by atoms with E-state index in [0.717, 1.165) is 11.3 Å². The number of benzene rings is 1. The smallest absolute Gasteiger partial charge is 0.270 e. The molecular weight excluding hydrogens is 330 g/mol. The molecular formula is C19H19N5O2. The molecule has 132 valence electrons. The predicted octanol–water partition coefficient (Wildman–Crippen LogP) is 2.00. The Morgan fingerprint density at radius 1 is 0.885 bits per heavy atom. The molecule has 1 fully saturated rings. The van der Waals surface area contributed by atoms with Gasteiger partial charge in [-0.1, -0.05) is 30.3 Å². The molecule has 26 heavy (non-hydrogen) atoms. The van der Waals surface area contributed by atoms with Crippen LogP contribution in [0.15, 0.2) is 54.9 Å². The number of hydrogen-bond acceptors (Lipinski definition) is 3. The van der Waals surface area contributed by atoms with Crippen molar-refractivity contribution in [1.29, 1.82) is 0 Å². The van der Waals surface area contributed by atoms with Gasteiger partial charge in [-0.2, -0.15) is 5.10 Å². The molecule has 2 amide bonds. The van der Waals surface area contributed by atoms with E-state index in [0.29, 0.717) is 37.4 Å². The third-order valence-electron chi connectivity index (χ3n) is 4.61. The van der Waals surface area contributed by atoms with E-state index in [9.17, 15) is 9.59 Å². The Balaban J connectivity index is 1.45. The zero-order chi connectivity index (χ0) is 17.9. The van der Waals surface area contributed by atoms with E-state index in [4.69, 9.17) is 0 Å². The van der Waals surface area contributed by atoms with Crippen molar-refractivity contribution >= 4 is 11.8 Å². The summed E-state index contributed by atoms with van der Waals surface area (Å²) in [4.78, 5) is 31.8. The summed E-state index contributed by atoms with van der Waals surface area (Å²) in [5.74, 6) is -0.0973. The van der Waals surface area contributed by atoms with Gasteiger partial charge in [-0.05, 0) is 12.1 Å². The molecule has 1 saturated heterocycles. The molecule has 0 bridgehead atoms. The number of carbonyl (C=O) groups is 2. The summed E-state index contributed by atoms with van der Waals surface area (Å²) in [5, 5.41) is 6.97. The second-order valence-electron chi connectivity index (χ2n) is 6.19. The van der Waals surface area contributed by atoms with Crippen LogP contribution in [-0.2, 0) is 0 Å². The number of aromatic nitrogens is 3. The van der Waals surface area contributed by atoms with Gasteiger partial charge in [0.05, 0.1) is 17.5 Å². The number of aromatic amines is 2. The fraction of sp³-hybridized carbons (Fsp3) is 0.211. The van der Waals surface area contributed by atoms with E-state index in [-0.39, 0.29) is 11.8 Å². The average Bonchev–Trinajstić information content (AvgIpc) is 3.39. The van der Waals surface area contributed by atoms with Gasteiger partial charge in [0.1, 0.15) is 5.69 Å². The molecule has 0 spiro atoms. The quantitative estimate of drug-likeness (QED) is 0.758. The highest BCUT2D eigenvalue weighted by atomic mass is 16.2. The summed E-state index contributed by atoms with van der Waals surface area (Å²) in [6.45, 7) is 2.04. The topological polar surface area (TPSA) is 85.1 Å². The third kappa shape index (κ3) is 2.99. The molecule has 1 aliphatic rings. The van der Waals surface area contributed by atoms with Gasteiger partial charge in [0, 0.05) is 37.9 Å². The van der Waals surface area contributed by atoms with Crippen molar-refractivity contribution < 1.29 is 9.59 Å². The number of amides is 2. The Hall–Kier alpha value is -3.35. The molecule has 0 radical (unpaired) electrons. The molecule has 0 unspecified atom stereocenters. The highest BCUT2D eigenvalue weighted by Crippen LogP contribution is 2.22. The average molecular weight is 349 g/mol. The lowest BCUT2D eigenvalue weighted by atomic mass is 10.1. The molecule has 0 atom stereocenters. The molecule has 2 aromatic heterocycles. The lowest BCUT2D eigenvalue weighted by molar-refractivity contribution is 0.0533. The first-order valence-electron chi connectivity index (χ1n) is 8.55. The van der Waals surface area contributed by atoms with E-state index < -0.39 is 0 Å². The predicted molar refractivity (Wildman–Crippen MR) is 96.6 cm³/mol. The second kappa shape index (κ2) is 6.87. The van der Waals surface area contributed by atoms with Crippen LogP contribution in [-0.4, -0.2) is 63.0 Å². The molecule has 0 saturated carbocycles. The van der Waals surface area contributed by atoms with Crippen LogP contribution in [0, 0.1) is 0 Å². The summed E-state index contributed by atoms with van der Waals surface area (Å²) < 4.78 is 0. The van der Waals surface area contributed by atoms with Crippen LogP contribution >= 0.6 is 0 Å². The second-order valence-corrected chi connectivity index (χ2v) is 6.19. The van der Waals surface area contributed by atoms with Crippen LogP contribution < -0.4 is 0 Å².